The number of rotatable bonds is 2. The molecule has 2 heterocycles. The van der Waals surface area contributed by atoms with Gasteiger partial charge < -0.3 is 10.2 Å². The zero-order chi connectivity index (χ0) is 17.9. The fraction of sp³-hybridized carbons (Fsp3) is 0.143. The van der Waals surface area contributed by atoms with Gasteiger partial charge in [0.2, 0.25) is 0 Å². The molecule has 4 nitrogen and oxygen atoms in total. The van der Waals surface area contributed by atoms with Crippen LogP contribution >= 0.6 is 11.3 Å². The van der Waals surface area contributed by atoms with Crippen molar-refractivity contribution in [1.82, 2.24) is 4.90 Å². The quantitative estimate of drug-likeness (QED) is 0.714. The van der Waals surface area contributed by atoms with E-state index in [0.717, 1.165) is 12.0 Å². The predicted octanol–water partition coefficient (Wildman–Crippen LogP) is 4.80. The van der Waals surface area contributed by atoms with E-state index in [1.54, 1.807) is 35.6 Å². The van der Waals surface area contributed by atoms with E-state index in [4.69, 9.17) is 5.26 Å². The third kappa shape index (κ3) is 3.07. The number of amides is 2. The fourth-order valence-electron chi connectivity index (χ4n) is 3.35. The summed E-state index contributed by atoms with van der Waals surface area (Å²) in [6, 6.07) is 21.1. The third-order valence-corrected chi connectivity index (χ3v) is 5.60. The molecular weight excluding hydrogens is 342 g/mol. The van der Waals surface area contributed by atoms with Crippen molar-refractivity contribution in [2.24, 2.45) is 0 Å². The van der Waals surface area contributed by atoms with Gasteiger partial charge in [-0.3, -0.25) is 0 Å². The molecule has 1 N–H and O–H groups in total. The Morgan fingerprint density at radius 2 is 1.88 bits per heavy atom. The molecule has 1 aliphatic rings. The second-order valence-corrected chi connectivity index (χ2v) is 7.18. The number of carbonyl (C=O) groups is 1. The van der Waals surface area contributed by atoms with Crippen molar-refractivity contribution in [2.75, 3.05) is 11.9 Å². The van der Waals surface area contributed by atoms with Gasteiger partial charge in [-0.2, -0.15) is 5.26 Å². The third-order valence-electron chi connectivity index (χ3n) is 4.61. The largest absolute Gasteiger partial charge is 0.322 e. The highest BCUT2D eigenvalue weighted by Crippen LogP contribution is 2.37. The molecule has 2 aromatic carbocycles. The summed E-state index contributed by atoms with van der Waals surface area (Å²) < 4.78 is 0. The van der Waals surface area contributed by atoms with E-state index in [1.165, 1.54) is 10.4 Å². The number of nitrogens with zero attached hydrogens (tertiary/aromatic N) is 2. The van der Waals surface area contributed by atoms with Gasteiger partial charge in [0.15, 0.2) is 0 Å². The number of thiophene rings is 1. The minimum absolute atomic E-state index is 0.0791. The van der Waals surface area contributed by atoms with Crippen molar-refractivity contribution in [3.63, 3.8) is 0 Å². The Balaban J connectivity index is 1.63. The lowest BCUT2D eigenvalue weighted by atomic mass is 9.93. The summed E-state index contributed by atoms with van der Waals surface area (Å²) in [5, 5.41) is 14.0. The minimum atomic E-state index is -0.125. The van der Waals surface area contributed by atoms with Crippen LogP contribution in [0.2, 0.25) is 0 Å². The van der Waals surface area contributed by atoms with E-state index < -0.39 is 0 Å². The van der Waals surface area contributed by atoms with Crippen LogP contribution in [0.15, 0.2) is 66.0 Å². The molecule has 0 aliphatic carbocycles. The van der Waals surface area contributed by atoms with Crippen LogP contribution in [0, 0.1) is 11.3 Å². The Morgan fingerprint density at radius 3 is 2.62 bits per heavy atom. The number of benzene rings is 2. The summed E-state index contributed by atoms with van der Waals surface area (Å²) in [5.41, 5.74) is 3.59. The fourth-order valence-corrected chi connectivity index (χ4v) is 4.26. The Morgan fingerprint density at radius 1 is 1.12 bits per heavy atom. The van der Waals surface area contributed by atoms with Crippen molar-refractivity contribution < 1.29 is 4.79 Å². The Labute approximate surface area is 156 Å². The molecule has 3 aromatic rings. The average Bonchev–Trinajstić information content (AvgIpc) is 3.17. The average molecular weight is 359 g/mol. The molecule has 0 saturated heterocycles. The lowest BCUT2D eigenvalue weighted by Gasteiger charge is -2.36. The summed E-state index contributed by atoms with van der Waals surface area (Å²) in [6.45, 7) is 0.676. The topological polar surface area (TPSA) is 56.1 Å². The Bertz CT molecular complexity index is 957. The van der Waals surface area contributed by atoms with E-state index in [0.29, 0.717) is 17.8 Å². The maximum absolute atomic E-state index is 13.0. The molecule has 0 bridgehead atoms. The van der Waals surface area contributed by atoms with Gasteiger partial charge in [0.25, 0.3) is 0 Å². The molecule has 2 amide bonds. The van der Waals surface area contributed by atoms with Gasteiger partial charge in [-0.15, -0.1) is 11.3 Å². The molecule has 1 aromatic heterocycles. The molecule has 26 heavy (non-hydrogen) atoms. The van der Waals surface area contributed by atoms with Crippen LogP contribution in [0.25, 0.3) is 0 Å². The van der Waals surface area contributed by atoms with Gasteiger partial charge in [-0.1, -0.05) is 30.3 Å². The van der Waals surface area contributed by atoms with Crippen molar-refractivity contribution in [2.45, 2.75) is 12.5 Å². The molecule has 1 atom stereocenters. The van der Waals surface area contributed by atoms with Crippen LogP contribution in [0.3, 0.4) is 0 Å². The number of urea groups is 1. The van der Waals surface area contributed by atoms with Crippen molar-refractivity contribution >= 4 is 23.1 Å². The molecule has 128 valence electrons. The Hall–Kier alpha value is -3.10. The number of anilines is 1. The smallest absolute Gasteiger partial charge is 0.313 e. The number of fused-ring (bicyclic) bond motifs is 1. The van der Waals surface area contributed by atoms with Crippen molar-refractivity contribution in [3.05, 3.63) is 87.6 Å². The summed E-state index contributed by atoms with van der Waals surface area (Å²) in [4.78, 5) is 16.2. The van der Waals surface area contributed by atoms with E-state index in [2.05, 4.69) is 35.0 Å². The van der Waals surface area contributed by atoms with Gasteiger partial charge in [-0.25, -0.2) is 4.79 Å². The molecule has 1 aliphatic heterocycles. The normalized spacial score (nSPS) is 15.8. The van der Waals surface area contributed by atoms with E-state index in [1.807, 2.05) is 23.1 Å². The highest BCUT2D eigenvalue weighted by molar-refractivity contribution is 7.10. The number of nitriles is 1. The summed E-state index contributed by atoms with van der Waals surface area (Å²) in [6.07, 6.45) is 0.872. The maximum Gasteiger partial charge on any atom is 0.322 e. The minimum Gasteiger partial charge on any atom is -0.313 e. The molecular formula is C21H17N3OS. The SMILES string of the molecule is N#Cc1ccc(NC(=O)N2CCc3sccc3[C@H]2c2ccccc2)cc1. The van der Waals surface area contributed by atoms with Crippen LogP contribution in [-0.4, -0.2) is 17.5 Å². The summed E-state index contributed by atoms with van der Waals surface area (Å²) >= 11 is 1.76. The second kappa shape index (κ2) is 7.03. The van der Waals surface area contributed by atoms with Crippen LogP contribution in [0.4, 0.5) is 10.5 Å². The highest BCUT2D eigenvalue weighted by Gasteiger charge is 2.32. The Kier molecular flexibility index (Phi) is 4.42. The number of nitrogens with one attached hydrogen (secondary N) is 1. The van der Waals surface area contributed by atoms with Crippen molar-refractivity contribution in [3.8, 4) is 6.07 Å². The number of hydrogen-bond acceptors (Lipinski definition) is 3. The summed E-state index contributed by atoms with van der Waals surface area (Å²) in [5.74, 6) is 0. The highest BCUT2D eigenvalue weighted by atomic mass is 32.1. The lowest BCUT2D eigenvalue weighted by Crippen LogP contribution is -2.42. The number of carbonyl (C=O) groups excluding carboxylic acids is 1. The summed E-state index contributed by atoms with van der Waals surface area (Å²) in [7, 11) is 0. The van der Waals surface area contributed by atoms with Gasteiger partial charge in [0, 0.05) is 17.1 Å². The first-order valence-corrected chi connectivity index (χ1v) is 9.33. The van der Waals surface area contributed by atoms with Gasteiger partial charge >= 0.3 is 6.03 Å². The van der Waals surface area contributed by atoms with Gasteiger partial charge in [0.1, 0.15) is 0 Å². The van der Waals surface area contributed by atoms with E-state index >= 15 is 0 Å². The maximum atomic E-state index is 13.0. The monoisotopic (exact) mass is 359 g/mol. The lowest BCUT2D eigenvalue weighted by molar-refractivity contribution is 0.194. The first kappa shape index (κ1) is 16.4. The van der Waals surface area contributed by atoms with E-state index in [9.17, 15) is 4.79 Å². The first-order chi connectivity index (χ1) is 12.8. The standard InChI is InChI=1S/C21H17N3OS/c22-14-15-6-8-17(9-7-15)23-21(25)24-12-10-19-18(11-13-26-19)20(24)16-4-2-1-3-5-16/h1-9,11,13,20H,10,12H2,(H,23,25)/t20-/m1/s1. The zero-order valence-corrected chi connectivity index (χ0v) is 14.9. The molecule has 5 heteroatoms. The predicted molar refractivity (Wildman–Crippen MR) is 103 cm³/mol. The van der Waals surface area contributed by atoms with Crippen LogP contribution < -0.4 is 5.32 Å². The van der Waals surface area contributed by atoms with Crippen LogP contribution in [0.5, 0.6) is 0 Å². The van der Waals surface area contributed by atoms with Crippen LogP contribution in [0.1, 0.15) is 27.6 Å². The molecule has 0 saturated carbocycles. The number of hydrogen-bond donors (Lipinski definition) is 1. The van der Waals surface area contributed by atoms with Crippen LogP contribution in [-0.2, 0) is 6.42 Å². The van der Waals surface area contributed by atoms with Gasteiger partial charge in [0.05, 0.1) is 17.7 Å². The zero-order valence-electron chi connectivity index (χ0n) is 14.1. The van der Waals surface area contributed by atoms with Gasteiger partial charge in [-0.05, 0) is 53.3 Å². The molecule has 0 radical (unpaired) electrons. The second-order valence-electron chi connectivity index (χ2n) is 6.18. The molecule has 0 spiro atoms. The molecule has 0 fully saturated rings. The molecule has 4 rings (SSSR count). The van der Waals surface area contributed by atoms with E-state index in [-0.39, 0.29) is 12.1 Å². The van der Waals surface area contributed by atoms with Crippen molar-refractivity contribution in [1.29, 1.82) is 5.26 Å². The first-order valence-electron chi connectivity index (χ1n) is 8.45. The molecule has 0 unspecified atom stereocenters.